The van der Waals surface area contributed by atoms with Crippen molar-refractivity contribution < 1.29 is 9.31 Å². The van der Waals surface area contributed by atoms with Gasteiger partial charge in [0.2, 0.25) is 0 Å². The Balaban J connectivity index is 1.84. The van der Waals surface area contributed by atoms with Crippen LogP contribution in [-0.2, 0) is 15.9 Å². The van der Waals surface area contributed by atoms with Gasteiger partial charge in [0.15, 0.2) is 0 Å². The van der Waals surface area contributed by atoms with E-state index in [0.29, 0.717) is 6.54 Å². The van der Waals surface area contributed by atoms with Crippen LogP contribution in [0, 0.1) is 0 Å². The molecule has 0 aliphatic carbocycles. The molecule has 1 aliphatic rings. The van der Waals surface area contributed by atoms with E-state index in [0.717, 1.165) is 5.59 Å². The molecule has 110 valence electrons. The van der Waals surface area contributed by atoms with E-state index in [-0.39, 0.29) is 18.3 Å². The molecule has 2 aromatic rings. The molecule has 0 bridgehead atoms. The molecule has 1 aliphatic heterocycles. The van der Waals surface area contributed by atoms with Gasteiger partial charge in [-0.1, -0.05) is 30.3 Å². The van der Waals surface area contributed by atoms with Gasteiger partial charge in [0.1, 0.15) is 0 Å². The Labute approximate surface area is 126 Å². The minimum Gasteiger partial charge on any atom is -0.398 e. The molecule has 1 aromatic heterocycles. The van der Waals surface area contributed by atoms with Crippen molar-refractivity contribution in [1.29, 1.82) is 0 Å². The van der Waals surface area contributed by atoms with E-state index in [1.807, 2.05) is 28.9 Å². The summed E-state index contributed by atoms with van der Waals surface area (Å²) in [5, 5.41) is 4.41. The molecule has 0 atom stereocenters. The Kier molecular flexibility index (Phi) is 3.42. The van der Waals surface area contributed by atoms with E-state index in [1.54, 1.807) is 6.20 Å². The molecule has 2 heterocycles. The highest BCUT2D eigenvalue weighted by Gasteiger charge is 2.52. The van der Waals surface area contributed by atoms with Crippen LogP contribution in [0.2, 0.25) is 0 Å². The van der Waals surface area contributed by atoms with Gasteiger partial charge in [-0.15, -0.1) is 0 Å². The highest BCUT2D eigenvalue weighted by Crippen LogP contribution is 2.36. The zero-order valence-corrected chi connectivity index (χ0v) is 13.0. The second-order valence-electron chi connectivity index (χ2n) is 6.49. The van der Waals surface area contributed by atoms with Crippen LogP contribution in [0.25, 0.3) is 0 Å². The third-order valence-electron chi connectivity index (χ3n) is 4.42. The van der Waals surface area contributed by atoms with Crippen molar-refractivity contribution in [3.8, 4) is 0 Å². The molecule has 0 radical (unpaired) electrons. The number of aromatic nitrogens is 2. The largest absolute Gasteiger partial charge is 0.514 e. The first kappa shape index (κ1) is 14.4. The number of hydrogen-bond acceptors (Lipinski definition) is 3. The number of rotatable bonds is 3. The number of hydrogen-bond donors (Lipinski definition) is 0. The Hall–Kier alpha value is -1.59. The summed E-state index contributed by atoms with van der Waals surface area (Å²) in [5.74, 6) is 0. The smallest absolute Gasteiger partial charge is 0.398 e. The monoisotopic (exact) mass is 284 g/mol. The minimum atomic E-state index is -0.374. The van der Waals surface area contributed by atoms with Crippen LogP contribution < -0.4 is 5.59 Å². The van der Waals surface area contributed by atoms with Gasteiger partial charge in [-0.3, -0.25) is 4.68 Å². The van der Waals surface area contributed by atoms with E-state index in [4.69, 9.17) is 9.31 Å². The third-order valence-corrected chi connectivity index (χ3v) is 4.42. The third kappa shape index (κ3) is 2.63. The molecule has 1 saturated heterocycles. The fraction of sp³-hybridized carbons (Fsp3) is 0.438. The Bertz CT molecular complexity index is 606. The van der Waals surface area contributed by atoms with Gasteiger partial charge in [-0.2, -0.15) is 5.10 Å². The summed E-state index contributed by atoms with van der Waals surface area (Å²) in [6, 6.07) is 12.2. The summed E-state index contributed by atoms with van der Waals surface area (Å²) in [5.41, 5.74) is 1.50. The predicted octanol–water partition coefficient (Wildman–Crippen LogP) is 2.23. The van der Waals surface area contributed by atoms with Gasteiger partial charge in [-0.25, -0.2) is 0 Å². The van der Waals surface area contributed by atoms with Crippen LogP contribution in [0.3, 0.4) is 0 Å². The van der Waals surface area contributed by atoms with Crippen molar-refractivity contribution in [2.75, 3.05) is 0 Å². The molecule has 3 rings (SSSR count). The first-order valence-corrected chi connectivity index (χ1v) is 7.30. The highest BCUT2D eigenvalue weighted by molar-refractivity contribution is 6.61. The van der Waals surface area contributed by atoms with Crippen LogP contribution in [-0.4, -0.2) is 28.1 Å². The van der Waals surface area contributed by atoms with E-state index in [9.17, 15) is 0 Å². The Morgan fingerprint density at radius 2 is 1.62 bits per heavy atom. The van der Waals surface area contributed by atoms with Crippen molar-refractivity contribution in [3.05, 3.63) is 48.2 Å². The van der Waals surface area contributed by atoms with Crippen molar-refractivity contribution in [1.82, 2.24) is 9.78 Å². The Morgan fingerprint density at radius 1 is 1.00 bits per heavy atom. The normalized spacial score (nSPS) is 19.9. The number of benzene rings is 1. The fourth-order valence-electron chi connectivity index (χ4n) is 2.40. The SMILES string of the molecule is CC1(C)OB(c2ccnn2Cc2ccccc2)OC1(C)C. The van der Waals surface area contributed by atoms with E-state index in [1.165, 1.54) is 5.56 Å². The maximum atomic E-state index is 6.10. The maximum absolute atomic E-state index is 6.10. The van der Waals surface area contributed by atoms with Gasteiger partial charge in [0.05, 0.1) is 23.3 Å². The van der Waals surface area contributed by atoms with Crippen molar-refractivity contribution in [3.63, 3.8) is 0 Å². The van der Waals surface area contributed by atoms with Crippen molar-refractivity contribution >= 4 is 12.7 Å². The van der Waals surface area contributed by atoms with Crippen LogP contribution in [0.1, 0.15) is 33.3 Å². The topological polar surface area (TPSA) is 36.3 Å². The fourth-order valence-corrected chi connectivity index (χ4v) is 2.40. The Morgan fingerprint density at radius 3 is 2.24 bits per heavy atom. The standard InChI is InChI=1S/C16H21BN2O2/c1-15(2)16(3,4)21-17(20-15)14-10-11-18-19(14)12-13-8-6-5-7-9-13/h5-11H,12H2,1-4H3. The van der Waals surface area contributed by atoms with Crippen LogP contribution in [0.4, 0.5) is 0 Å². The molecule has 0 saturated carbocycles. The predicted molar refractivity (Wildman–Crippen MR) is 83.5 cm³/mol. The number of nitrogens with zero attached hydrogens (tertiary/aromatic N) is 2. The van der Waals surface area contributed by atoms with Gasteiger partial charge in [0.25, 0.3) is 0 Å². The van der Waals surface area contributed by atoms with Crippen LogP contribution >= 0.6 is 0 Å². The van der Waals surface area contributed by atoms with Crippen LogP contribution in [0.5, 0.6) is 0 Å². The molecule has 1 fully saturated rings. The molecule has 0 spiro atoms. The van der Waals surface area contributed by atoms with Gasteiger partial charge in [-0.05, 0) is 39.3 Å². The van der Waals surface area contributed by atoms with Gasteiger partial charge >= 0.3 is 7.12 Å². The molecule has 4 nitrogen and oxygen atoms in total. The lowest BCUT2D eigenvalue weighted by Crippen LogP contribution is -2.41. The molecule has 0 amide bonds. The molecule has 1 aromatic carbocycles. The summed E-state index contributed by atoms with van der Waals surface area (Å²) >= 11 is 0. The lowest BCUT2D eigenvalue weighted by Gasteiger charge is -2.32. The van der Waals surface area contributed by atoms with E-state index < -0.39 is 0 Å². The second-order valence-corrected chi connectivity index (χ2v) is 6.49. The molecular formula is C16H21BN2O2. The van der Waals surface area contributed by atoms with Crippen molar-refractivity contribution in [2.24, 2.45) is 0 Å². The molecule has 0 unspecified atom stereocenters. The van der Waals surface area contributed by atoms with Gasteiger partial charge < -0.3 is 9.31 Å². The first-order chi connectivity index (χ1) is 9.89. The molecule has 21 heavy (non-hydrogen) atoms. The molecular weight excluding hydrogens is 263 g/mol. The maximum Gasteiger partial charge on any atom is 0.514 e. The molecule has 5 heteroatoms. The summed E-state index contributed by atoms with van der Waals surface area (Å²) in [4.78, 5) is 0. The average molecular weight is 284 g/mol. The zero-order chi connectivity index (χ0) is 15.1. The summed E-state index contributed by atoms with van der Waals surface area (Å²) in [7, 11) is -0.374. The van der Waals surface area contributed by atoms with E-state index in [2.05, 4.69) is 44.9 Å². The summed E-state index contributed by atoms with van der Waals surface area (Å²) in [6.07, 6.45) is 1.79. The minimum absolute atomic E-state index is 0.334. The first-order valence-electron chi connectivity index (χ1n) is 7.30. The molecule has 0 N–H and O–H groups in total. The quantitative estimate of drug-likeness (QED) is 0.811. The summed E-state index contributed by atoms with van der Waals surface area (Å²) < 4.78 is 14.1. The summed E-state index contributed by atoms with van der Waals surface area (Å²) in [6.45, 7) is 8.96. The zero-order valence-electron chi connectivity index (χ0n) is 13.0. The lowest BCUT2D eigenvalue weighted by atomic mass is 9.84. The second kappa shape index (κ2) is 5.00. The average Bonchev–Trinajstić information content (AvgIpc) is 2.94. The highest BCUT2D eigenvalue weighted by atomic mass is 16.7. The van der Waals surface area contributed by atoms with E-state index >= 15 is 0 Å². The lowest BCUT2D eigenvalue weighted by molar-refractivity contribution is 0.00578. The van der Waals surface area contributed by atoms with Crippen LogP contribution in [0.15, 0.2) is 42.6 Å². The van der Waals surface area contributed by atoms with Gasteiger partial charge in [0, 0.05) is 6.20 Å². The van der Waals surface area contributed by atoms with Crippen molar-refractivity contribution in [2.45, 2.75) is 45.4 Å².